The highest BCUT2D eigenvalue weighted by Crippen LogP contribution is 2.32. The van der Waals surface area contributed by atoms with E-state index < -0.39 is 0 Å². The summed E-state index contributed by atoms with van der Waals surface area (Å²) in [4.78, 5) is 0.344. The Labute approximate surface area is 86.4 Å². The van der Waals surface area contributed by atoms with Crippen LogP contribution >= 0.6 is 11.8 Å². The Balaban J connectivity index is 2.37. The lowest BCUT2D eigenvalue weighted by Crippen LogP contribution is -2.33. The van der Waals surface area contributed by atoms with E-state index in [0.717, 1.165) is 0 Å². The summed E-state index contributed by atoms with van der Waals surface area (Å²) in [6.45, 7) is 10.1. The van der Waals surface area contributed by atoms with Crippen LogP contribution in [0.25, 0.3) is 0 Å². The number of thioether (sulfide) groups is 1. The van der Waals surface area contributed by atoms with Gasteiger partial charge in [-0.25, -0.2) is 0 Å². The van der Waals surface area contributed by atoms with Gasteiger partial charge in [0.15, 0.2) is 0 Å². The Bertz CT molecular complexity index is 198. The van der Waals surface area contributed by atoms with Gasteiger partial charge in [-0.3, -0.25) is 0 Å². The minimum absolute atomic E-state index is 0.344. The zero-order valence-electron chi connectivity index (χ0n) is 9.24. The van der Waals surface area contributed by atoms with E-state index in [2.05, 4.69) is 44.8 Å². The van der Waals surface area contributed by atoms with Gasteiger partial charge in [-0.1, -0.05) is 11.1 Å². The van der Waals surface area contributed by atoms with Gasteiger partial charge >= 0.3 is 0 Å². The van der Waals surface area contributed by atoms with Gasteiger partial charge < -0.3 is 5.32 Å². The maximum absolute atomic E-state index is 3.57. The van der Waals surface area contributed by atoms with E-state index in [4.69, 9.17) is 0 Å². The van der Waals surface area contributed by atoms with Crippen molar-refractivity contribution in [3.8, 4) is 0 Å². The number of allylic oxidation sites excluding steroid dienone is 2. The van der Waals surface area contributed by atoms with Crippen LogP contribution in [0.1, 0.15) is 40.5 Å². The van der Waals surface area contributed by atoms with E-state index in [9.17, 15) is 0 Å². The number of nitrogens with one attached hydrogen (secondary N) is 1. The van der Waals surface area contributed by atoms with E-state index in [0.29, 0.717) is 4.87 Å². The van der Waals surface area contributed by atoms with Crippen molar-refractivity contribution in [3.05, 3.63) is 11.1 Å². The Morgan fingerprint density at radius 2 is 2.08 bits per heavy atom. The highest BCUT2D eigenvalue weighted by Gasteiger charge is 2.27. The van der Waals surface area contributed by atoms with Crippen LogP contribution in [-0.4, -0.2) is 17.2 Å². The van der Waals surface area contributed by atoms with Gasteiger partial charge in [0.05, 0.1) is 4.87 Å². The molecule has 1 N–H and O–H groups in total. The Morgan fingerprint density at radius 1 is 1.38 bits per heavy atom. The molecule has 2 heteroatoms. The molecule has 0 bridgehead atoms. The Hall–Kier alpha value is 0.0500. The molecule has 0 aliphatic carbocycles. The average molecular weight is 199 g/mol. The number of hydrogen-bond acceptors (Lipinski definition) is 2. The van der Waals surface area contributed by atoms with Crippen molar-refractivity contribution in [3.63, 3.8) is 0 Å². The SMILES string of the molecule is CC(C)=C(C)CCC1(C)NCCS1. The fourth-order valence-corrected chi connectivity index (χ4v) is 2.58. The lowest BCUT2D eigenvalue weighted by Gasteiger charge is -2.23. The third-order valence-electron chi connectivity index (χ3n) is 2.85. The minimum Gasteiger partial charge on any atom is -0.302 e. The van der Waals surface area contributed by atoms with Crippen LogP contribution in [0, 0.1) is 0 Å². The molecule has 1 fully saturated rings. The predicted molar refractivity (Wildman–Crippen MR) is 62.1 cm³/mol. The Kier molecular flexibility index (Phi) is 3.87. The third kappa shape index (κ3) is 3.35. The molecule has 0 spiro atoms. The van der Waals surface area contributed by atoms with Gasteiger partial charge in [-0.15, -0.1) is 11.8 Å². The summed E-state index contributed by atoms with van der Waals surface area (Å²) in [6.07, 6.45) is 2.49. The predicted octanol–water partition coefficient (Wildman–Crippen LogP) is 3.18. The summed E-state index contributed by atoms with van der Waals surface area (Å²) in [5.74, 6) is 1.27. The summed E-state index contributed by atoms with van der Waals surface area (Å²) < 4.78 is 0. The molecule has 0 aromatic heterocycles. The lowest BCUT2D eigenvalue weighted by atomic mass is 10.0. The monoisotopic (exact) mass is 199 g/mol. The first-order chi connectivity index (χ1) is 6.03. The average Bonchev–Trinajstić information content (AvgIpc) is 2.48. The zero-order chi connectivity index (χ0) is 9.90. The van der Waals surface area contributed by atoms with Gasteiger partial charge in [0.2, 0.25) is 0 Å². The highest BCUT2D eigenvalue weighted by atomic mass is 32.2. The summed E-state index contributed by atoms with van der Waals surface area (Å²) in [5.41, 5.74) is 3.03. The maximum atomic E-state index is 3.57. The summed E-state index contributed by atoms with van der Waals surface area (Å²) in [6, 6.07) is 0. The Morgan fingerprint density at radius 3 is 2.54 bits per heavy atom. The van der Waals surface area contributed by atoms with Crippen LogP contribution in [-0.2, 0) is 0 Å². The molecular weight excluding hydrogens is 178 g/mol. The van der Waals surface area contributed by atoms with Crippen molar-refractivity contribution in [1.29, 1.82) is 0 Å². The van der Waals surface area contributed by atoms with Crippen LogP contribution in [0.5, 0.6) is 0 Å². The zero-order valence-corrected chi connectivity index (χ0v) is 10.1. The van der Waals surface area contributed by atoms with Gasteiger partial charge in [-0.05, 0) is 40.5 Å². The molecule has 0 aromatic rings. The molecule has 1 aliphatic rings. The molecule has 0 saturated carbocycles. The van der Waals surface area contributed by atoms with Crippen molar-refractivity contribution in [2.45, 2.75) is 45.4 Å². The molecule has 1 heterocycles. The second-order valence-electron chi connectivity index (χ2n) is 4.29. The second kappa shape index (κ2) is 4.52. The molecule has 76 valence electrons. The van der Waals surface area contributed by atoms with Crippen LogP contribution in [0.3, 0.4) is 0 Å². The molecular formula is C11H21NS. The first kappa shape index (κ1) is 11.1. The summed E-state index contributed by atoms with van der Waals surface area (Å²) in [5, 5.41) is 3.57. The molecule has 13 heavy (non-hydrogen) atoms. The first-order valence-corrected chi connectivity index (χ1v) is 6.04. The smallest absolute Gasteiger partial charge is 0.0620 e. The van der Waals surface area contributed by atoms with Crippen LogP contribution in [0.4, 0.5) is 0 Å². The normalized spacial score (nSPS) is 27.7. The van der Waals surface area contributed by atoms with E-state index >= 15 is 0 Å². The van der Waals surface area contributed by atoms with Crippen molar-refractivity contribution in [1.82, 2.24) is 5.32 Å². The fourth-order valence-electron chi connectivity index (χ4n) is 1.48. The van der Waals surface area contributed by atoms with E-state index in [1.54, 1.807) is 5.57 Å². The molecule has 1 rings (SSSR count). The molecule has 1 saturated heterocycles. The van der Waals surface area contributed by atoms with Gasteiger partial charge in [-0.2, -0.15) is 0 Å². The fraction of sp³-hybridized carbons (Fsp3) is 0.818. The van der Waals surface area contributed by atoms with Crippen LogP contribution in [0.15, 0.2) is 11.1 Å². The number of rotatable bonds is 3. The van der Waals surface area contributed by atoms with Crippen molar-refractivity contribution in [2.24, 2.45) is 0 Å². The van der Waals surface area contributed by atoms with E-state index in [1.165, 1.54) is 30.7 Å². The third-order valence-corrected chi connectivity index (χ3v) is 4.25. The quantitative estimate of drug-likeness (QED) is 0.701. The molecule has 1 nitrogen and oxygen atoms in total. The van der Waals surface area contributed by atoms with E-state index in [1.807, 2.05) is 0 Å². The molecule has 0 aromatic carbocycles. The van der Waals surface area contributed by atoms with Gasteiger partial charge in [0, 0.05) is 12.3 Å². The molecule has 1 aliphatic heterocycles. The maximum Gasteiger partial charge on any atom is 0.0620 e. The standard InChI is InChI=1S/C11H21NS/c1-9(2)10(3)5-6-11(4)12-7-8-13-11/h12H,5-8H2,1-4H3. The van der Waals surface area contributed by atoms with E-state index in [-0.39, 0.29) is 0 Å². The molecule has 1 atom stereocenters. The van der Waals surface area contributed by atoms with Crippen LogP contribution in [0.2, 0.25) is 0 Å². The topological polar surface area (TPSA) is 12.0 Å². The van der Waals surface area contributed by atoms with Gasteiger partial charge in [0.1, 0.15) is 0 Å². The van der Waals surface area contributed by atoms with Crippen molar-refractivity contribution >= 4 is 11.8 Å². The second-order valence-corrected chi connectivity index (χ2v) is 5.88. The minimum atomic E-state index is 0.344. The summed E-state index contributed by atoms with van der Waals surface area (Å²) >= 11 is 2.06. The van der Waals surface area contributed by atoms with Gasteiger partial charge in [0.25, 0.3) is 0 Å². The van der Waals surface area contributed by atoms with Crippen LogP contribution < -0.4 is 5.32 Å². The molecule has 1 unspecified atom stereocenters. The first-order valence-electron chi connectivity index (χ1n) is 5.05. The van der Waals surface area contributed by atoms with Crippen molar-refractivity contribution < 1.29 is 0 Å². The summed E-state index contributed by atoms with van der Waals surface area (Å²) in [7, 11) is 0. The lowest BCUT2D eigenvalue weighted by molar-refractivity contribution is 0.505. The highest BCUT2D eigenvalue weighted by molar-refractivity contribution is 8.00. The largest absolute Gasteiger partial charge is 0.302 e. The number of hydrogen-bond donors (Lipinski definition) is 1. The molecule has 0 amide bonds. The molecule has 0 radical (unpaired) electrons. The van der Waals surface area contributed by atoms with Crippen molar-refractivity contribution in [2.75, 3.05) is 12.3 Å².